The van der Waals surface area contributed by atoms with E-state index in [0.717, 1.165) is 38.6 Å². The molecule has 0 aliphatic carbocycles. The summed E-state index contributed by atoms with van der Waals surface area (Å²) in [5.41, 5.74) is 7.41. The van der Waals surface area contributed by atoms with Gasteiger partial charge in [0.15, 0.2) is 23.2 Å². The number of para-hydroxylation sites is 1. The van der Waals surface area contributed by atoms with Crippen LogP contribution < -0.4 is 4.57 Å². The number of aromatic nitrogens is 2. The van der Waals surface area contributed by atoms with Gasteiger partial charge in [0.2, 0.25) is 5.69 Å². The van der Waals surface area contributed by atoms with Gasteiger partial charge < -0.3 is 8.83 Å². The fourth-order valence-corrected chi connectivity index (χ4v) is 5.09. The molecule has 7 aromatic rings. The number of hydrogen-bond donors (Lipinski definition) is 0. The van der Waals surface area contributed by atoms with E-state index in [2.05, 4.69) is 28.6 Å². The molecular weight excluding hydrogens is 439 g/mol. The number of nitrogens with zero attached hydrogens (tertiary/aromatic N) is 2. The summed E-state index contributed by atoms with van der Waals surface area (Å²) in [5.74, 6) is -0.435. The van der Waals surface area contributed by atoms with Crippen molar-refractivity contribution >= 4 is 44.0 Å². The number of rotatable bonds is 2. The first-order valence-electron chi connectivity index (χ1n) is 11.5. The molecule has 0 aliphatic heterocycles. The van der Waals surface area contributed by atoms with Crippen LogP contribution in [0.1, 0.15) is 5.56 Å². The molecule has 0 fully saturated rings. The Hall–Kier alpha value is -4.51. The summed E-state index contributed by atoms with van der Waals surface area (Å²) in [6.45, 7) is 2.05. The van der Waals surface area contributed by atoms with E-state index < -0.39 is 5.82 Å². The SMILES string of the molecule is Cc1ccc2c(oc3c(-c4ccc5c(c4)oc4ccccc45)c(F)cnc32)c1-c1cccc[n+]1C. The number of halogens is 1. The van der Waals surface area contributed by atoms with Crippen LogP contribution in [0, 0.1) is 12.7 Å². The van der Waals surface area contributed by atoms with Crippen LogP contribution in [-0.4, -0.2) is 4.98 Å². The molecular formula is C30H20FN2O2+. The van der Waals surface area contributed by atoms with Crippen molar-refractivity contribution in [3.05, 3.63) is 96.6 Å². The van der Waals surface area contributed by atoms with E-state index in [1.165, 1.54) is 6.20 Å². The van der Waals surface area contributed by atoms with Crippen LogP contribution in [-0.2, 0) is 7.05 Å². The molecule has 0 saturated heterocycles. The number of aryl methyl sites for hydroxylation is 2. The van der Waals surface area contributed by atoms with E-state index in [1.54, 1.807) is 0 Å². The molecule has 0 atom stereocenters. The first kappa shape index (κ1) is 19.9. The van der Waals surface area contributed by atoms with E-state index in [0.29, 0.717) is 33.4 Å². The van der Waals surface area contributed by atoms with E-state index >= 15 is 4.39 Å². The third-order valence-corrected chi connectivity index (χ3v) is 6.79. The lowest BCUT2D eigenvalue weighted by Gasteiger charge is -2.05. The molecule has 35 heavy (non-hydrogen) atoms. The summed E-state index contributed by atoms with van der Waals surface area (Å²) in [6.07, 6.45) is 3.28. The molecule has 0 radical (unpaired) electrons. The highest BCUT2D eigenvalue weighted by Gasteiger charge is 2.24. The summed E-state index contributed by atoms with van der Waals surface area (Å²) < 4.78 is 29.9. The van der Waals surface area contributed by atoms with Gasteiger partial charge in [0.25, 0.3) is 0 Å². The molecule has 0 saturated carbocycles. The lowest BCUT2D eigenvalue weighted by Crippen LogP contribution is -2.30. The summed E-state index contributed by atoms with van der Waals surface area (Å²) in [7, 11) is 2.00. The normalized spacial score (nSPS) is 11.9. The minimum atomic E-state index is -0.435. The van der Waals surface area contributed by atoms with Crippen molar-refractivity contribution in [2.75, 3.05) is 0 Å². The maximum atomic E-state index is 15.3. The highest BCUT2D eigenvalue weighted by Crippen LogP contribution is 2.41. The van der Waals surface area contributed by atoms with Gasteiger partial charge in [-0.05, 0) is 48.4 Å². The Labute approximate surface area is 199 Å². The van der Waals surface area contributed by atoms with Crippen molar-refractivity contribution in [1.29, 1.82) is 0 Å². The molecule has 0 bridgehead atoms. The highest BCUT2D eigenvalue weighted by atomic mass is 19.1. The maximum Gasteiger partial charge on any atom is 0.216 e. The minimum Gasteiger partial charge on any atom is -0.456 e. The van der Waals surface area contributed by atoms with Crippen LogP contribution in [0.2, 0.25) is 0 Å². The highest BCUT2D eigenvalue weighted by molar-refractivity contribution is 6.12. The van der Waals surface area contributed by atoms with Gasteiger partial charge >= 0.3 is 0 Å². The molecule has 7 rings (SSSR count). The monoisotopic (exact) mass is 459 g/mol. The number of fused-ring (bicyclic) bond motifs is 6. The second-order valence-corrected chi connectivity index (χ2v) is 8.90. The maximum absolute atomic E-state index is 15.3. The fraction of sp³-hybridized carbons (Fsp3) is 0.0667. The van der Waals surface area contributed by atoms with Gasteiger partial charge in [0, 0.05) is 28.3 Å². The van der Waals surface area contributed by atoms with Crippen molar-refractivity contribution in [2.45, 2.75) is 6.92 Å². The third-order valence-electron chi connectivity index (χ3n) is 6.79. The van der Waals surface area contributed by atoms with Gasteiger partial charge in [-0.3, -0.25) is 0 Å². The van der Waals surface area contributed by atoms with Crippen LogP contribution in [0.15, 0.2) is 94.0 Å². The Morgan fingerprint density at radius 2 is 1.57 bits per heavy atom. The summed E-state index contributed by atoms with van der Waals surface area (Å²) in [4.78, 5) is 4.44. The van der Waals surface area contributed by atoms with Gasteiger partial charge in [-0.15, -0.1) is 0 Å². The summed E-state index contributed by atoms with van der Waals surface area (Å²) >= 11 is 0. The molecule has 0 N–H and O–H groups in total. The molecule has 0 amide bonds. The number of hydrogen-bond acceptors (Lipinski definition) is 3. The Balaban J connectivity index is 1.54. The van der Waals surface area contributed by atoms with Crippen molar-refractivity contribution < 1.29 is 17.8 Å². The van der Waals surface area contributed by atoms with Crippen molar-refractivity contribution in [1.82, 2.24) is 4.98 Å². The van der Waals surface area contributed by atoms with Crippen LogP contribution in [0.4, 0.5) is 4.39 Å². The van der Waals surface area contributed by atoms with Crippen molar-refractivity contribution in [3.8, 4) is 22.4 Å². The predicted molar refractivity (Wildman–Crippen MR) is 136 cm³/mol. The van der Waals surface area contributed by atoms with Gasteiger partial charge in [0.05, 0.1) is 17.3 Å². The standard InChI is InChI=1S/C30H20FN2O2/c1-17-10-12-21-28-30(35-29(21)26(17)23-8-5-6-14-33(23)2)27(22(31)16-32-28)18-11-13-20-19-7-3-4-9-24(19)34-25(20)15-18/h3-16H,1-2H3/q+1. The molecule has 4 heterocycles. The Kier molecular flexibility index (Phi) is 4.12. The van der Waals surface area contributed by atoms with E-state index in [4.69, 9.17) is 8.83 Å². The third kappa shape index (κ3) is 2.85. The first-order valence-corrected chi connectivity index (χ1v) is 11.5. The molecule has 5 heteroatoms. The average molecular weight is 460 g/mol. The predicted octanol–water partition coefficient (Wildman–Crippen LogP) is 7.49. The summed E-state index contributed by atoms with van der Waals surface area (Å²) in [6, 6.07) is 23.8. The number of benzene rings is 3. The smallest absolute Gasteiger partial charge is 0.216 e. The van der Waals surface area contributed by atoms with Gasteiger partial charge in [-0.1, -0.05) is 30.3 Å². The zero-order valence-corrected chi connectivity index (χ0v) is 19.2. The lowest BCUT2D eigenvalue weighted by atomic mass is 10.0. The summed E-state index contributed by atoms with van der Waals surface area (Å²) in [5, 5.41) is 2.89. The number of furan rings is 2. The average Bonchev–Trinajstić information content (AvgIpc) is 3.42. The van der Waals surface area contributed by atoms with Gasteiger partial charge in [-0.2, -0.15) is 0 Å². The Morgan fingerprint density at radius 3 is 2.46 bits per heavy atom. The van der Waals surface area contributed by atoms with Crippen LogP contribution in [0.3, 0.4) is 0 Å². The Morgan fingerprint density at radius 1 is 0.771 bits per heavy atom. The molecule has 4 nitrogen and oxygen atoms in total. The second kappa shape index (κ2) is 7.24. The van der Waals surface area contributed by atoms with E-state index in [9.17, 15) is 0 Å². The molecule has 4 aromatic heterocycles. The van der Waals surface area contributed by atoms with Gasteiger partial charge in [-0.25, -0.2) is 13.9 Å². The zero-order valence-electron chi connectivity index (χ0n) is 19.2. The quantitative estimate of drug-likeness (QED) is 0.252. The number of pyridine rings is 2. The van der Waals surface area contributed by atoms with Crippen molar-refractivity contribution in [2.24, 2.45) is 7.05 Å². The molecule has 0 aliphatic rings. The van der Waals surface area contributed by atoms with Crippen LogP contribution in [0.5, 0.6) is 0 Å². The van der Waals surface area contributed by atoms with E-state index in [1.807, 2.05) is 73.9 Å². The topological polar surface area (TPSA) is 43.1 Å². The Bertz CT molecular complexity index is 1950. The van der Waals surface area contributed by atoms with Crippen molar-refractivity contribution in [3.63, 3.8) is 0 Å². The molecule has 168 valence electrons. The first-order chi connectivity index (χ1) is 17.1. The van der Waals surface area contributed by atoms with Gasteiger partial charge in [0.1, 0.15) is 23.7 Å². The molecule has 0 unspecified atom stereocenters. The molecule has 3 aromatic carbocycles. The molecule has 0 spiro atoms. The lowest BCUT2D eigenvalue weighted by molar-refractivity contribution is -0.660. The second-order valence-electron chi connectivity index (χ2n) is 8.90. The minimum absolute atomic E-state index is 0.384. The fourth-order valence-electron chi connectivity index (χ4n) is 5.09. The van der Waals surface area contributed by atoms with E-state index in [-0.39, 0.29) is 0 Å². The largest absolute Gasteiger partial charge is 0.456 e. The van der Waals surface area contributed by atoms with Crippen LogP contribution >= 0.6 is 0 Å². The van der Waals surface area contributed by atoms with Crippen LogP contribution in [0.25, 0.3) is 66.4 Å². The zero-order chi connectivity index (χ0) is 23.7.